The van der Waals surface area contributed by atoms with Crippen LogP contribution in [-0.2, 0) is 0 Å². The van der Waals surface area contributed by atoms with Crippen molar-refractivity contribution in [2.24, 2.45) is 0 Å². The van der Waals surface area contributed by atoms with Crippen LogP contribution in [0, 0.1) is 0 Å². The van der Waals surface area contributed by atoms with Crippen LogP contribution in [0.15, 0.2) is 30.3 Å². The van der Waals surface area contributed by atoms with Crippen molar-refractivity contribution < 1.29 is 15.0 Å². The minimum absolute atomic E-state index is 0.815. The number of benzene rings is 1. The van der Waals surface area contributed by atoms with E-state index >= 15 is 0 Å². The van der Waals surface area contributed by atoms with E-state index in [2.05, 4.69) is 19.4 Å². The Labute approximate surface area is 98.4 Å². The molecule has 1 rings (SSSR count). The van der Waals surface area contributed by atoms with Crippen molar-refractivity contribution in [2.75, 3.05) is 40.3 Å². The Morgan fingerprint density at radius 2 is 1.88 bits per heavy atom. The van der Waals surface area contributed by atoms with Crippen molar-refractivity contribution in [1.29, 1.82) is 0 Å². The number of hydrogen-bond acceptors (Lipinski definition) is 1. The molecule has 0 spiro atoms. The van der Waals surface area contributed by atoms with Gasteiger partial charge in [0.2, 0.25) is 0 Å². The van der Waals surface area contributed by atoms with Crippen LogP contribution in [0.2, 0.25) is 0 Å². The second-order valence-corrected chi connectivity index (χ2v) is 4.34. The topological polar surface area (TPSA) is 30.3 Å². The largest absolute Gasteiger partial charge is 0.493 e. The summed E-state index contributed by atoms with van der Waals surface area (Å²) in [6.07, 6.45) is 1.11. The summed E-state index contributed by atoms with van der Waals surface area (Å²) in [5, 5.41) is 2.36. The third kappa shape index (κ3) is 6.43. The van der Waals surface area contributed by atoms with E-state index < -0.39 is 0 Å². The van der Waals surface area contributed by atoms with Gasteiger partial charge in [0, 0.05) is 6.42 Å². The zero-order valence-corrected chi connectivity index (χ0v) is 10.4. The molecule has 3 N–H and O–H groups in total. The molecule has 0 saturated carbocycles. The first-order valence-electron chi connectivity index (χ1n) is 6.07. The molecule has 0 saturated heterocycles. The summed E-state index contributed by atoms with van der Waals surface area (Å²) in [6, 6.07) is 10.0. The lowest BCUT2D eigenvalue weighted by Crippen LogP contribution is -3.09. The van der Waals surface area contributed by atoms with Gasteiger partial charge >= 0.3 is 0 Å². The van der Waals surface area contributed by atoms with E-state index in [0.29, 0.717) is 0 Å². The summed E-state index contributed by atoms with van der Waals surface area (Å²) in [6.45, 7) is 4.39. The summed E-state index contributed by atoms with van der Waals surface area (Å²) in [5.41, 5.74) is 0. The molecule has 0 aliphatic carbocycles. The molecule has 1 aromatic carbocycles. The van der Waals surface area contributed by atoms with Crippen molar-refractivity contribution in [2.45, 2.75) is 6.42 Å². The highest BCUT2D eigenvalue weighted by atomic mass is 16.5. The fourth-order valence-electron chi connectivity index (χ4n) is 1.47. The Balaban J connectivity index is 1.93. The zero-order valence-electron chi connectivity index (χ0n) is 10.4. The Morgan fingerprint density at radius 1 is 1.12 bits per heavy atom. The van der Waals surface area contributed by atoms with Crippen LogP contribution in [0.25, 0.3) is 0 Å². The van der Waals surface area contributed by atoms with E-state index in [1.54, 1.807) is 0 Å². The standard InChI is InChI=1S/C13H22N2O/c1-15(2)11-10-14-9-6-12-16-13-7-4-3-5-8-13/h3-5,7-8,14H,6,9-12H2,1-2H3/p+2. The number of para-hydroxylation sites is 1. The fraction of sp³-hybridized carbons (Fsp3) is 0.538. The highest BCUT2D eigenvalue weighted by molar-refractivity contribution is 5.20. The summed E-state index contributed by atoms with van der Waals surface area (Å²) >= 11 is 0. The molecule has 0 aliphatic rings. The molecule has 0 amide bonds. The van der Waals surface area contributed by atoms with E-state index in [-0.39, 0.29) is 0 Å². The van der Waals surface area contributed by atoms with Gasteiger partial charge < -0.3 is 15.0 Å². The molecule has 3 heteroatoms. The van der Waals surface area contributed by atoms with Crippen molar-refractivity contribution in [3.05, 3.63) is 30.3 Å². The molecule has 1 aromatic rings. The molecule has 0 fully saturated rings. The van der Waals surface area contributed by atoms with Gasteiger partial charge in [-0.05, 0) is 12.1 Å². The second kappa shape index (κ2) is 8.13. The predicted molar refractivity (Wildman–Crippen MR) is 65.9 cm³/mol. The number of likely N-dealkylation sites (N-methyl/N-ethyl adjacent to an activating group) is 1. The van der Waals surface area contributed by atoms with Crippen molar-refractivity contribution in [3.63, 3.8) is 0 Å². The van der Waals surface area contributed by atoms with E-state index in [1.807, 2.05) is 30.3 Å². The Kier molecular flexibility index (Phi) is 6.61. The fourth-order valence-corrected chi connectivity index (χ4v) is 1.47. The van der Waals surface area contributed by atoms with E-state index in [1.165, 1.54) is 18.0 Å². The smallest absolute Gasteiger partial charge is 0.126 e. The number of quaternary nitrogens is 2. The van der Waals surface area contributed by atoms with Gasteiger partial charge in [-0.1, -0.05) is 18.2 Å². The molecule has 0 radical (unpaired) electrons. The van der Waals surface area contributed by atoms with Crippen LogP contribution in [0.5, 0.6) is 5.75 Å². The first kappa shape index (κ1) is 13.0. The molecule has 0 aliphatic heterocycles. The quantitative estimate of drug-likeness (QED) is 0.554. The maximum atomic E-state index is 5.61. The van der Waals surface area contributed by atoms with Crippen molar-refractivity contribution in [1.82, 2.24) is 0 Å². The van der Waals surface area contributed by atoms with Crippen LogP contribution in [0.4, 0.5) is 0 Å². The van der Waals surface area contributed by atoms with E-state index in [0.717, 1.165) is 25.3 Å². The van der Waals surface area contributed by atoms with Gasteiger partial charge in [-0.15, -0.1) is 0 Å². The zero-order chi connectivity index (χ0) is 11.6. The Hall–Kier alpha value is -1.06. The molecule has 0 heterocycles. The third-order valence-electron chi connectivity index (χ3n) is 2.41. The first-order chi connectivity index (χ1) is 7.79. The summed E-state index contributed by atoms with van der Waals surface area (Å²) < 4.78 is 5.61. The molecule has 16 heavy (non-hydrogen) atoms. The van der Waals surface area contributed by atoms with Gasteiger partial charge in [0.25, 0.3) is 0 Å². The van der Waals surface area contributed by atoms with Gasteiger partial charge in [0.1, 0.15) is 18.8 Å². The van der Waals surface area contributed by atoms with Gasteiger partial charge in [0.05, 0.1) is 27.2 Å². The molecule has 0 unspecified atom stereocenters. The molecule has 0 aromatic heterocycles. The summed E-state index contributed by atoms with van der Waals surface area (Å²) in [7, 11) is 4.37. The summed E-state index contributed by atoms with van der Waals surface area (Å²) in [5.74, 6) is 0.972. The minimum Gasteiger partial charge on any atom is -0.493 e. The number of rotatable bonds is 8. The lowest BCUT2D eigenvalue weighted by molar-refractivity contribution is -0.874. The number of nitrogens with one attached hydrogen (secondary N) is 1. The number of ether oxygens (including phenoxy) is 1. The van der Waals surface area contributed by atoms with Crippen LogP contribution >= 0.6 is 0 Å². The number of nitrogens with two attached hydrogens (primary N) is 1. The van der Waals surface area contributed by atoms with Gasteiger partial charge in [-0.2, -0.15) is 0 Å². The lowest BCUT2D eigenvalue weighted by Gasteiger charge is -2.07. The Bertz CT molecular complexity index is 262. The highest BCUT2D eigenvalue weighted by Crippen LogP contribution is 2.07. The van der Waals surface area contributed by atoms with Gasteiger partial charge in [-0.3, -0.25) is 0 Å². The molecule has 0 atom stereocenters. The van der Waals surface area contributed by atoms with E-state index in [9.17, 15) is 0 Å². The predicted octanol–water partition coefficient (Wildman–Crippen LogP) is -0.837. The number of hydrogen-bond donors (Lipinski definition) is 2. The van der Waals surface area contributed by atoms with Crippen LogP contribution in [-0.4, -0.2) is 40.3 Å². The van der Waals surface area contributed by atoms with Crippen LogP contribution in [0.1, 0.15) is 6.42 Å². The van der Waals surface area contributed by atoms with Gasteiger partial charge in [0.15, 0.2) is 0 Å². The highest BCUT2D eigenvalue weighted by Gasteiger charge is 1.96. The third-order valence-corrected chi connectivity index (χ3v) is 2.41. The molecule has 0 bridgehead atoms. The molecule has 90 valence electrons. The lowest BCUT2D eigenvalue weighted by atomic mass is 10.3. The van der Waals surface area contributed by atoms with Crippen LogP contribution in [0.3, 0.4) is 0 Å². The maximum absolute atomic E-state index is 5.61. The van der Waals surface area contributed by atoms with Crippen molar-refractivity contribution >= 4 is 0 Å². The summed E-state index contributed by atoms with van der Waals surface area (Å²) in [4.78, 5) is 1.51. The minimum atomic E-state index is 0.815. The average Bonchev–Trinajstić information content (AvgIpc) is 2.29. The van der Waals surface area contributed by atoms with Crippen LogP contribution < -0.4 is 15.0 Å². The molecular formula is C13H24N2O+2. The normalized spacial score (nSPS) is 10.7. The SMILES string of the molecule is C[NH+](C)CC[NH2+]CCCOc1ccccc1. The van der Waals surface area contributed by atoms with Crippen molar-refractivity contribution in [3.8, 4) is 5.75 Å². The molecular weight excluding hydrogens is 200 g/mol. The Morgan fingerprint density at radius 3 is 2.56 bits per heavy atom. The maximum Gasteiger partial charge on any atom is 0.126 e. The monoisotopic (exact) mass is 224 g/mol. The van der Waals surface area contributed by atoms with E-state index in [4.69, 9.17) is 4.74 Å². The average molecular weight is 224 g/mol. The second-order valence-electron chi connectivity index (χ2n) is 4.34. The van der Waals surface area contributed by atoms with Gasteiger partial charge in [-0.25, -0.2) is 0 Å². The first-order valence-corrected chi connectivity index (χ1v) is 6.07. The molecule has 3 nitrogen and oxygen atoms in total.